The van der Waals surface area contributed by atoms with Crippen molar-refractivity contribution in [2.24, 2.45) is 0 Å². The van der Waals surface area contributed by atoms with E-state index in [1.807, 2.05) is 0 Å². The maximum Gasteiger partial charge on any atom is 0.255 e. The Labute approximate surface area is 166 Å². The molecule has 0 spiro atoms. The Morgan fingerprint density at radius 1 is 0.966 bits per heavy atom. The second-order valence-corrected chi connectivity index (χ2v) is 8.08. The van der Waals surface area contributed by atoms with Gasteiger partial charge in [-0.1, -0.05) is 0 Å². The summed E-state index contributed by atoms with van der Waals surface area (Å²) in [5.74, 6) is -1.09. The molecule has 1 aromatic rings. The van der Waals surface area contributed by atoms with Gasteiger partial charge in [-0.25, -0.2) is 0 Å². The van der Waals surface area contributed by atoms with Crippen LogP contribution in [0.4, 0.5) is 0 Å². The fourth-order valence-electron chi connectivity index (χ4n) is 4.60. The minimum absolute atomic E-state index is 0.00326. The zero-order valence-electron chi connectivity index (χ0n) is 15.9. The number of rotatable bonds is 2. The van der Waals surface area contributed by atoms with E-state index >= 15 is 0 Å². The molecule has 0 saturated carbocycles. The van der Waals surface area contributed by atoms with E-state index in [1.54, 1.807) is 21.9 Å². The van der Waals surface area contributed by atoms with E-state index < -0.39 is 11.9 Å². The third-order valence-corrected chi connectivity index (χ3v) is 6.33. The highest BCUT2D eigenvalue weighted by molar-refractivity contribution is 6.07. The molecule has 0 aliphatic carbocycles. The highest BCUT2D eigenvalue weighted by Crippen LogP contribution is 2.34. The van der Waals surface area contributed by atoms with Crippen LogP contribution in [0, 0.1) is 0 Å². The summed E-state index contributed by atoms with van der Waals surface area (Å²) in [6.45, 7) is 3.27. The first-order valence-corrected chi connectivity index (χ1v) is 9.70. The van der Waals surface area contributed by atoms with Crippen LogP contribution in [0.2, 0.25) is 0 Å². The predicted molar refractivity (Wildman–Crippen MR) is 98.4 cm³/mol. The number of nitrogens with one attached hydrogen (secondary N) is 1. The van der Waals surface area contributed by atoms with Gasteiger partial charge < -0.3 is 14.7 Å². The number of carbonyl (C=O) groups is 5. The minimum atomic E-state index is -0.665. The summed E-state index contributed by atoms with van der Waals surface area (Å²) < 4.78 is 0. The van der Waals surface area contributed by atoms with Crippen molar-refractivity contribution in [1.29, 1.82) is 0 Å². The Kier molecular flexibility index (Phi) is 3.77. The fraction of sp³-hybridized carbons (Fsp3) is 0.450. The molecule has 4 heterocycles. The van der Waals surface area contributed by atoms with Gasteiger partial charge >= 0.3 is 0 Å². The van der Waals surface area contributed by atoms with E-state index in [1.165, 1.54) is 11.8 Å². The molecular weight excluding hydrogens is 376 g/mol. The highest BCUT2D eigenvalue weighted by atomic mass is 16.2. The number of fused-ring (bicyclic) bond motifs is 2. The van der Waals surface area contributed by atoms with Gasteiger partial charge in [-0.05, 0) is 29.7 Å². The molecule has 9 nitrogen and oxygen atoms in total. The monoisotopic (exact) mass is 396 g/mol. The lowest BCUT2D eigenvalue weighted by atomic mass is 10.0. The molecule has 1 unspecified atom stereocenters. The van der Waals surface area contributed by atoms with Crippen molar-refractivity contribution >= 4 is 29.5 Å². The van der Waals surface area contributed by atoms with Crippen LogP contribution in [0.25, 0.3) is 0 Å². The summed E-state index contributed by atoms with van der Waals surface area (Å²) in [4.78, 5) is 65.7. The predicted octanol–water partition coefficient (Wildman–Crippen LogP) is -0.366. The molecule has 0 aromatic heterocycles. The van der Waals surface area contributed by atoms with Crippen molar-refractivity contribution in [3.8, 4) is 0 Å². The molecular formula is C20H20N4O5. The van der Waals surface area contributed by atoms with E-state index in [-0.39, 0.29) is 42.6 Å². The summed E-state index contributed by atoms with van der Waals surface area (Å²) in [5, 5.41) is 2.29. The summed E-state index contributed by atoms with van der Waals surface area (Å²) >= 11 is 0. The van der Waals surface area contributed by atoms with Crippen LogP contribution in [0.15, 0.2) is 12.1 Å². The van der Waals surface area contributed by atoms with Crippen LogP contribution in [-0.2, 0) is 27.5 Å². The highest BCUT2D eigenvalue weighted by Gasteiger charge is 2.43. The quantitative estimate of drug-likeness (QED) is 0.687. The zero-order valence-corrected chi connectivity index (χ0v) is 15.9. The van der Waals surface area contributed by atoms with Gasteiger partial charge in [-0.15, -0.1) is 0 Å². The van der Waals surface area contributed by atoms with Gasteiger partial charge in [0.1, 0.15) is 6.04 Å². The van der Waals surface area contributed by atoms with Crippen LogP contribution >= 0.6 is 0 Å². The maximum atomic E-state index is 12.9. The van der Waals surface area contributed by atoms with Crippen LogP contribution in [-0.4, -0.2) is 69.4 Å². The molecule has 150 valence electrons. The molecule has 0 radical (unpaired) electrons. The van der Waals surface area contributed by atoms with Gasteiger partial charge in [0.25, 0.3) is 11.8 Å². The summed E-state index contributed by atoms with van der Waals surface area (Å²) in [6, 6.07) is 2.86. The summed E-state index contributed by atoms with van der Waals surface area (Å²) in [5.41, 5.74) is 2.63. The minimum Gasteiger partial charge on any atom is -0.339 e. The molecule has 9 heteroatoms. The standard InChI is InChI=1S/C20H20N4O5/c1-10(25)22-8-13(9-22)23-6-11-4-15-12(5-14(11)19(23)28)7-24(20(15)29)16-2-3-17(26)21-18(16)27/h4-5,13,16H,2-3,6-9H2,1H3,(H,21,26,27). The molecule has 5 amide bonds. The van der Waals surface area contributed by atoms with Crippen molar-refractivity contribution in [2.75, 3.05) is 13.1 Å². The molecule has 4 aliphatic heterocycles. The second-order valence-electron chi connectivity index (χ2n) is 8.08. The summed E-state index contributed by atoms with van der Waals surface area (Å²) in [6.07, 6.45) is 0.518. The largest absolute Gasteiger partial charge is 0.339 e. The molecule has 4 aliphatic rings. The van der Waals surface area contributed by atoms with Crippen LogP contribution < -0.4 is 5.32 Å². The number of amides is 5. The number of hydrogen-bond donors (Lipinski definition) is 1. The normalized spacial score (nSPS) is 23.9. The third-order valence-electron chi connectivity index (χ3n) is 6.33. The smallest absolute Gasteiger partial charge is 0.255 e. The Balaban J connectivity index is 1.35. The first-order valence-electron chi connectivity index (χ1n) is 9.70. The average Bonchev–Trinajstić information content (AvgIpc) is 3.10. The van der Waals surface area contributed by atoms with Crippen molar-refractivity contribution < 1.29 is 24.0 Å². The Hall–Kier alpha value is -3.23. The Bertz CT molecular complexity index is 997. The lowest BCUT2D eigenvalue weighted by Crippen LogP contribution is -2.60. The number of likely N-dealkylation sites (tertiary alicyclic amines) is 1. The van der Waals surface area contributed by atoms with E-state index in [4.69, 9.17) is 0 Å². The molecule has 2 fully saturated rings. The van der Waals surface area contributed by atoms with E-state index in [0.29, 0.717) is 37.2 Å². The maximum absolute atomic E-state index is 12.9. The van der Waals surface area contributed by atoms with Gasteiger partial charge in [-0.3, -0.25) is 29.3 Å². The van der Waals surface area contributed by atoms with Crippen LogP contribution in [0.1, 0.15) is 51.6 Å². The topological polar surface area (TPSA) is 107 Å². The SMILES string of the molecule is CC(=O)N1CC(N2Cc3cc4c(cc3C2=O)CN(C2CCC(=O)NC2=O)C4=O)C1. The molecule has 29 heavy (non-hydrogen) atoms. The molecule has 1 aromatic carbocycles. The zero-order chi connectivity index (χ0) is 20.4. The van der Waals surface area contributed by atoms with Crippen LogP contribution in [0.3, 0.4) is 0 Å². The number of carbonyl (C=O) groups excluding carboxylic acids is 5. The first kappa shape index (κ1) is 17.8. The lowest BCUT2D eigenvalue weighted by molar-refractivity contribution is -0.137. The lowest BCUT2D eigenvalue weighted by Gasteiger charge is -2.43. The third kappa shape index (κ3) is 2.64. The van der Waals surface area contributed by atoms with Crippen molar-refractivity contribution in [1.82, 2.24) is 20.0 Å². The number of imide groups is 1. The molecule has 1 N–H and O–H groups in total. The van der Waals surface area contributed by atoms with Crippen LogP contribution in [0.5, 0.6) is 0 Å². The number of nitrogens with zero attached hydrogens (tertiary/aromatic N) is 3. The van der Waals surface area contributed by atoms with Gasteiger partial charge in [0.15, 0.2) is 0 Å². The molecule has 2 saturated heterocycles. The number of piperidine rings is 1. The van der Waals surface area contributed by atoms with E-state index in [2.05, 4.69) is 5.32 Å². The number of benzene rings is 1. The van der Waals surface area contributed by atoms with Gasteiger partial charge in [0, 0.05) is 50.7 Å². The van der Waals surface area contributed by atoms with E-state index in [0.717, 1.165) is 11.1 Å². The first-order chi connectivity index (χ1) is 13.8. The van der Waals surface area contributed by atoms with Crippen molar-refractivity contribution in [3.63, 3.8) is 0 Å². The molecule has 5 rings (SSSR count). The van der Waals surface area contributed by atoms with Gasteiger partial charge in [-0.2, -0.15) is 0 Å². The van der Waals surface area contributed by atoms with Gasteiger partial charge in [0.2, 0.25) is 17.7 Å². The molecule has 0 bridgehead atoms. The average molecular weight is 396 g/mol. The Morgan fingerprint density at radius 3 is 2.14 bits per heavy atom. The number of hydrogen-bond acceptors (Lipinski definition) is 5. The fourth-order valence-corrected chi connectivity index (χ4v) is 4.60. The van der Waals surface area contributed by atoms with Crippen molar-refractivity contribution in [3.05, 3.63) is 34.4 Å². The Morgan fingerprint density at radius 2 is 1.55 bits per heavy atom. The van der Waals surface area contributed by atoms with Crippen molar-refractivity contribution in [2.45, 2.75) is 44.9 Å². The summed E-state index contributed by atoms with van der Waals surface area (Å²) in [7, 11) is 0. The second kappa shape index (κ2) is 6.13. The van der Waals surface area contributed by atoms with E-state index in [9.17, 15) is 24.0 Å². The molecule has 1 atom stereocenters. The van der Waals surface area contributed by atoms with Gasteiger partial charge in [0.05, 0.1) is 6.04 Å².